The van der Waals surface area contributed by atoms with Crippen molar-refractivity contribution in [1.82, 2.24) is 4.72 Å². The van der Waals surface area contributed by atoms with Crippen LogP contribution in [0, 0.1) is 5.92 Å². The molecule has 2 heteroatoms. The van der Waals surface area contributed by atoms with Crippen molar-refractivity contribution in [3.05, 3.63) is 0 Å². The number of nitrogens with one attached hydrogen (secondary N) is 1. The van der Waals surface area contributed by atoms with Gasteiger partial charge < -0.3 is 0 Å². The minimum Gasteiger partial charge on any atom is -0.267 e. The first kappa shape index (κ1) is 8.31. The van der Waals surface area contributed by atoms with Gasteiger partial charge in [-0.2, -0.15) is 0 Å². The molecule has 1 N–H and O–H groups in total. The highest BCUT2D eigenvalue weighted by atomic mass is 32.1. The van der Waals surface area contributed by atoms with Gasteiger partial charge in [-0.05, 0) is 12.3 Å². The molecule has 0 aliphatic carbocycles. The van der Waals surface area contributed by atoms with Gasteiger partial charge in [0.25, 0.3) is 0 Å². The first-order valence-corrected chi connectivity index (χ1v) is 3.63. The van der Waals surface area contributed by atoms with Crippen LogP contribution in [0.2, 0.25) is 0 Å². The van der Waals surface area contributed by atoms with E-state index in [1.807, 2.05) is 0 Å². The summed E-state index contributed by atoms with van der Waals surface area (Å²) in [6, 6.07) is 0. The molecule has 0 aliphatic heterocycles. The molecule has 0 saturated carbocycles. The van der Waals surface area contributed by atoms with E-state index in [0.29, 0.717) is 0 Å². The van der Waals surface area contributed by atoms with Gasteiger partial charge in [0.15, 0.2) is 0 Å². The van der Waals surface area contributed by atoms with Gasteiger partial charge in [-0.25, -0.2) is 0 Å². The zero-order valence-corrected chi connectivity index (χ0v) is 6.54. The van der Waals surface area contributed by atoms with Crippen LogP contribution in [0.15, 0.2) is 0 Å². The number of rotatable bonds is 4. The van der Waals surface area contributed by atoms with Crippen molar-refractivity contribution in [2.45, 2.75) is 26.7 Å². The van der Waals surface area contributed by atoms with Gasteiger partial charge in [0.1, 0.15) is 0 Å². The Morgan fingerprint density at radius 2 is 2.25 bits per heavy atom. The molecular formula is C6H15NS. The molecule has 0 aromatic rings. The summed E-state index contributed by atoms with van der Waals surface area (Å²) in [5.41, 5.74) is 0. The summed E-state index contributed by atoms with van der Waals surface area (Å²) in [4.78, 5) is 0. The Kier molecular flexibility index (Phi) is 5.66. The molecule has 1 atom stereocenters. The van der Waals surface area contributed by atoms with Crippen LogP contribution in [-0.2, 0) is 0 Å². The molecule has 0 amide bonds. The second-order valence-corrected chi connectivity index (χ2v) is 2.57. The molecule has 1 nitrogen and oxygen atoms in total. The van der Waals surface area contributed by atoms with E-state index in [2.05, 4.69) is 31.4 Å². The number of thiol groups is 1. The summed E-state index contributed by atoms with van der Waals surface area (Å²) in [5.74, 6) is 0.775. The molecule has 0 aromatic carbocycles. The number of hydrogen-bond acceptors (Lipinski definition) is 2. The molecule has 8 heavy (non-hydrogen) atoms. The van der Waals surface area contributed by atoms with Crippen molar-refractivity contribution in [2.75, 3.05) is 6.54 Å². The first-order valence-electron chi connectivity index (χ1n) is 3.18. The minimum atomic E-state index is 0.775. The molecule has 0 bridgehead atoms. The fourth-order valence-electron chi connectivity index (χ4n) is 0.751. The van der Waals surface area contributed by atoms with Gasteiger partial charge in [0, 0.05) is 6.54 Å². The molecule has 0 rings (SSSR count). The summed E-state index contributed by atoms with van der Waals surface area (Å²) < 4.78 is 2.85. The van der Waals surface area contributed by atoms with Crippen LogP contribution >= 0.6 is 12.8 Å². The third-order valence-corrected chi connectivity index (χ3v) is 1.40. The molecule has 0 aliphatic rings. The average Bonchev–Trinajstić information content (AvgIpc) is 1.68. The van der Waals surface area contributed by atoms with Gasteiger partial charge >= 0.3 is 0 Å². The molecule has 1 unspecified atom stereocenters. The van der Waals surface area contributed by atoms with Crippen molar-refractivity contribution in [3.63, 3.8) is 0 Å². The van der Waals surface area contributed by atoms with Crippen LogP contribution in [-0.4, -0.2) is 6.54 Å². The highest BCUT2D eigenvalue weighted by Crippen LogP contribution is 2.02. The lowest BCUT2D eigenvalue weighted by atomic mass is 10.1. The maximum atomic E-state index is 3.90. The fourth-order valence-corrected chi connectivity index (χ4v) is 1.06. The largest absolute Gasteiger partial charge is 0.267 e. The average molecular weight is 133 g/mol. The predicted molar refractivity (Wildman–Crippen MR) is 41.1 cm³/mol. The molecule has 0 saturated heterocycles. The van der Waals surface area contributed by atoms with Crippen LogP contribution in [0.3, 0.4) is 0 Å². The summed E-state index contributed by atoms with van der Waals surface area (Å²) in [5, 5.41) is 0. The van der Waals surface area contributed by atoms with E-state index in [0.717, 1.165) is 12.5 Å². The van der Waals surface area contributed by atoms with Gasteiger partial charge in [-0.1, -0.05) is 33.1 Å². The highest BCUT2D eigenvalue weighted by Gasteiger charge is 1.95. The fraction of sp³-hybridized carbons (Fsp3) is 1.00. The molecule has 0 aromatic heterocycles. The zero-order valence-electron chi connectivity index (χ0n) is 5.65. The molecule has 50 valence electrons. The monoisotopic (exact) mass is 133 g/mol. The van der Waals surface area contributed by atoms with Crippen molar-refractivity contribution in [1.29, 1.82) is 0 Å². The molecule has 0 radical (unpaired) electrons. The van der Waals surface area contributed by atoms with Gasteiger partial charge in [0.2, 0.25) is 0 Å². The molecular weight excluding hydrogens is 118 g/mol. The Balaban J connectivity index is 2.92. The van der Waals surface area contributed by atoms with Crippen molar-refractivity contribution in [3.8, 4) is 0 Å². The quantitative estimate of drug-likeness (QED) is 0.558. The Bertz CT molecular complexity index is 41.8. The SMILES string of the molecule is CCCC(C)CNS. The van der Waals surface area contributed by atoms with Crippen LogP contribution in [0.5, 0.6) is 0 Å². The van der Waals surface area contributed by atoms with Crippen molar-refractivity contribution < 1.29 is 0 Å². The van der Waals surface area contributed by atoms with E-state index in [9.17, 15) is 0 Å². The van der Waals surface area contributed by atoms with Crippen LogP contribution in [0.1, 0.15) is 26.7 Å². The van der Waals surface area contributed by atoms with Crippen molar-refractivity contribution in [2.24, 2.45) is 5.92 Å². The van der Waals surface area contributed by atoms with Gasteiger partial charge in [-0.3, -0.25) is 4.72 Å². The maximum Gasteiger partial charge on any atom is 0.00818 e. The minimum absolute atomic E-state index is 0.775. The van der Waals surface area contributed by atoms with E-state index < -0.39 is 0 Å². The predicted octanol–water partition coefficient (Wildman–Crippen LogP) is 1.86. The maximum absolute atomic E-state index is 3.90. The molecule has 0 spiro atoms. The van der Waals surface area contributed by atoms with Crippen LogP contribution in [0.4, 0.5) is 0 Å². The third kappa shape index (κ3) is 4.47. The second kappa shape index (κ2) is 5.45. The number of hydrogen-bond donors (Lipinski definition) is 2. The third-order valence-electron chi connectivity index (χ3n) is 1.22. The van der Waals surface area contributed by atoms with E-state index in [-0.39, 0.29) is 0 Å². The second-order valence-electron chi connectivity index (χ2n) is 2.26. The van der Waals surface area contributed by atoms with Crippen LogP contribution < -0.4 is 4.72 Å². The van der Waals surface area contributed by atoms with Gasteiger partial charge in [0.05, 0.1) is 0 Å². The smallest absolute Gasteiger partial charge is 0.00818 e. The lowest BCUT2D eigenvalue weighted by Gasteiger charge is -2.06. The van der Waals surface area contributed by atoms with Crippen molar-refractivity contribution >= 4 is 12.8 Å². The Labute approximate surface area is 57.4 Å². The lowest BCUT2D eigenvalue weighted by Crippen LogP contribution is -2.10. The normalized spacial score (nSPS) is 13.9. The Morgan fingerprint density at radius 1 is 1.62 bits per heavy atom. The lowest BCUT2D eigenvalue weighted by molar-refractivity contribution is 0.524. The van der Waals surface area contributed by atoms with E-state index in [4.69, 9.17) is 0 Å². The van der Waals surface area contributed by atoms with Gasteiger partial charge in [-0.15, -0.1) is 0 Å². The topological polar surface area (TPSA) is 12.0 Å². The van der Waals surface area contributed by atoms with E-state index >= 15 is 0 Å². The first-order chi connectivity index (χ1) is 3.81. The van der Waals surface area contributed by atoms with Crippen LogP contribution in [0.25, 0.3) is 0 Å². The summed E-state index contributed by atoms with van der Waals surface area (Å²) >= 11 is 3.90. The Morgan fingerprint density at radius 3 is 2.62 bits per heavy atom. The molecule has 0 fully saturated rings. The highest BCUT2D eigenvalue weighted by molar-refractivity contribution is 7.78. The summed E-state index contributed by atoms with van der Waals surface area (Å²) in [7, 11) is 0. The van der Waals surface area contributed by atoms with E-state index in [1.165, 1.54) is 12.8 Å². The summed E-state index contributed by atoms with van der Waals surface area (Å²) in [6.07, 6.45) is 2.57. The summed E-state index contributed by atoms with van der Waals surface area (Å²) in [6.45, 7) is 5.46. The zero-order chi connectivity index (χ0) is 6.41. The Hall–Kier alpha value is 0.310. The van der Waals surface area contributed by atoms with E-state index in [1.54, 1.807) is 0 Å². The standard InChI is InChI=1S/C6H15NS/c1-3-4-6(2)5-7-8/h6-8H,3-5H2,1-2H3. The molecule has 0 heterocycles.